The van der Waals surface area contributed by atoms with Gasteiger partial charge < -0.3 is 5.73 Å². The first-order chi connectivity index (χ1) is 8.73. The zero-order valence-electron chi connectivity index (χ0n) is 11.7. The number of benzene rings is 1. The Balaban J connectivity index is 2.17. The number of hydrogen-bond donors (Lipinski definition) is 1. The summed E-state index contributed by atoms with van der Waals surface area (Å²) in [4.78, 5) is 2.60. The minimum atomic E-state index is 0.227. The molecule has 1 aliphatic carbocycles. The van der Waals surface area contributed by atoms with Gasteiger partial charge in [0.05, 0.1) is 0 Å². The quantitative estimate of drug-likeness (QED) is 0.865. The Bertz CT molecular complexity index is 363. The summed E-state index contributed by atoms with van der Waals surface area (Å²) in [6, 6.07) is 10.8. The summed E-state index contributed by atoms with van der Waals surface area (Å²) in [5.74, 6) is 0.714. The highest BCUT2D eigenvalue weighted by Gasteiger charge is 2.43. The van der Waals surface area contributed by atoms with Crippen LogP contribution in [-0.2, 0) is 6.54 Å². The Morgan fingerprint density at radius 2 is 2.06 bits per heavy atom. The van der Waals surface area contributed by atoms with Crippen molar-refractivity contribution in [3.8, 4) is 0 Å². The molecule has 2 atom stereocenters. The molecule has 0 spiro atoms. The summed E-state index contributed by atoms with van der Waals surface area (Å²) >= 11 is 0. The summed E-state index contributed by atoms with van der Waals surface area (Å²) in [7, 11) is 0. The number of nitrogens with two attached hydrogens (primary N) is 1. The maximum absolute atomic E-state index is 6.15. The summed E-state index contributed by atoms with van der Waals surface area (Å²) in [6.07, 6.45) is 3.90. The van der Waals surface area contributed by atoms with Crippen LogP contribution in [0.5, 0.6) is 0 Å². The van der Waals surface area contributed by atoms with Crippen LogP contribution in [-0.4, -0.2) is 23.5 Å². The average Bonchev–Trinajstić information content (AvgIpc) is 2.79. The Morgan fingerprint density at radius 3 is 2.56 bits per heavy atom. The lowest BCUT2D eigenvalue weighted by molar-refractivity contribution is 0.0614. The molecule has 2 nitrogen and oxygen atoms in total. The van der Waals surface area contributed by atoms with Gasteiger partial charge in [-0.2, -0.15) is 0 Å². The van der Waals surface area contributed by atoms with Crippen molar-refractivity contribution in [2.75, 3.05) is 13.1 Å². The summed E-state index contributed by atoms with van der Waals surface area (Å²) in [5, 5.41) is 0. The maximum atomic E-state index is 6.15. The van der Waals surface area contributed by atoms with Gasteiger partial charge in [0.1, 0.15) is 0 Å². The predicted molar refractivity (Wildman–Crippen MR) is 77.3 cm³/mol. The molecule has 0 bridgehead atoms. The Hall–Kier alpha value is -0.860. The van der Waals surface area contributed by atoms with Gasteiger partial charge in [0, 0.05) is 18.6 Å². The fourth-order valence-electron chi connectivity index (χ4n) is 3.52. The molecule has 1 saturated carbocycles. The van der Waals surface area contributed by atoms with Crippen molar-refractivity contribution >= 4 is 0 Å². The van der Waals surface area contributed by atoms with Crippen molar-refractivity contribution in [1.29, 1.82) is 0 Å². The normalized spacial score (nSPS) is 27.9. The molecule has 1 aromatic carbocycles. The van der Waals surface area contributed by atoms with E-state index in [9.17, 15) is 0 Å². The largest absolute Gasteiger partial charge is 0.329 e. The van der Waals surface area contributed by atoms with Crippen LogP contribution >= 0.6 is 0 Å². The molecule has 0 aromatic heterocycles. The van der Waals surface area contributed by atoms with E-state index in [0.717, 1.165) is 19.6 Å². The van der Waals surface area contributed by atoms with Crippen LogP contribution in [0.1, 0.15) is 38.7 Å². The molecule has 0 radical (unpaired) electrons. The molecule has 1 fully saturated rings. The van der Waals surface area contributed by atoms with E-state index in [2.05, 4.69) is 49.1 Å². The molecule has 100 valence electrons. The van der Waals surface area contributed by atoms with Gasteiger partial charge in [0.2, 0.25) is 0 Å². The van der Waals surface area contributed by atoms with Gasteiger partial charge >= 0.3 is 0 Å². The van der Waals surface area contributed by atoms with Gasteiger partial charge in [-0.3, -0.25) is 4.90 Å². The third-order valence-corrected chi connectivity index (χ3v) is 4.75. The number of rotatable bonds is 5. The molecule has 2 heteroatoms. The van der Waals surface area contributed by atoms with Gasteiger partial charge in [-0.25, -0.2) is 0 Å². The van der Waals surface area contributed by atoms with E-state index in [1.54, 1.807) is 0 Å². The van der Waals surface area contributed by atoms with Gasteiger partial charge in [-0.1, -0.05) is 50.6 Å². The highest BCUT2D eigenvalue weighted by Crippen LogP contribution is 2.40. The van der Waals surface area contributed by atoms with Crippen LogP contribution in [0.3, 0.4) is 0 Å². The minimum Gasteiger partial charge on any atom is -0.329 e. The van der Waals surface area contributed by atoms with E-state index in [1.165, 1.54) is 24.8 Å². The van der Waals surface area contributed by atoms with Crippen molar-refractivity contribution in [2.24, 2.45) is 11.7 Å². The topological polar surface area (TPSA) is 29.3 Å². The lowest BCUT2D eigenvalue weighted by atomic mass is 9.86. The SMILES string of the molecule is CCN(Cc1ccccc1)C1(CN)CCCC1C. The molecule has 2 unspecified atom stereocenters. The van der Waals surface area contributed by atoms with Crippen molar-refractivity contribution in [2.45, 2.75) is 45.2 Å². The Kier molecular flexibility index (Phi) is 4.41. The lowest BCUT2D eigenvalue weighted by Crippen LogP contribution is -2.55. The molecule has 1 aliphatic rings. The average molecular weight is 246 g/mol. The van der Waals surface area contributed by atoms with Gasteiger partial charge in [0.25, 0.3) is 0 Å². The summed E-state index contributed by atoms with van der Waals surface area (Å²) < 4.78 is 0. The zero-order chi connectivity index (χ0) is 13.0. The first-order valence-electron chi connectivity index (χ1n) is 7.22. The summed E-state index contributed by atoms with van der Waals surface area (Å²) in [6.45, 7) is 7.52. The molecule has 1 aromatic rings. The van der Waals surface area contributed by atoms with E-state index >= 15 is 0 Å². The molecule has 0 saturated heterocycles. The van der Waals surface area contributed by atoms with Gasteiger partial charge in [-0.15, -0.1) is 0 Å². The van der Waals surface area contributed by atoms with Crippen molar-refractivity contribution < 1.29 is 0 Å². The van der Waals surface area contributed by atoms with E-state index in [0.29, 0.717) is 5.92 Å². The van der Waals surface area contributed by atoms with Crippen molar-refractivity contribution in [3.63, 3.8) is 0 Å². The standard InChI is InChI=1S/C16H26N2/c1-3-18(12-15-9-5-4-6-10-15)16(13-17)11-7-8-14(16)2/h4-6,9-10,14H,3,7-8,11-13,17H2,1-2H3. The third-order valence-electron chi connectivity index (χ3n) is 4.75. The lowest BCUT2D eigenvalue weighted by Gasteiger charge is -2.43. The second kappa shape index (κ2) is 5.85. The summed E-state index contributed by atoms with van der Waals surface area (Å²) in [5.41, 5.74) is 7.77. The van der Waals surface area contributed by atoms with E-state index in [-0.39, 0.29) is 5.54 Å². The first-order valence-corrected chi connectivity index (χ1v) is 7.22. The smallest absolute Gasteiger partial charge is 0.0360 e. The van der Waals surface area contributed by atoms with Crippen LogP contribution < -0.4 is 5.73 Å². The molecule has 2 N–H and O–H groups in total. The highest BCUT2D eigenvalue weighted by atomic mass is 15.2. The second-order valence-corrected chi connectivity index (χ2v) is 5.60. The zero-order valence-corrected chi connectivity index (χ0v) is 11.7. The number of nitrogens with zero attached hydrogens (tertiary/aromatic N) is 1. The minimum absolute atomic E-state index is 0.227. The van der Waals surface area contributed by atoms with Crippen LogP contribution in [0.15, 0.2) is 30.3 Å². The Labute approximate surface area is 111 Å². The second-order valence-electron chi connectivity index (χ2n) is 5.60. The monoisotopic (exact) mass is 246 g/mol. The number of likely N-dealkylation sites (N-methyl/N-ethyl adjacent to an activating group) is 1. The highest BCUT2D eigenvalue weighted by molar-refractivity contribution is 5.15. The molecule has 2 rings (SSSR count). The van der Waals surface area contributed by atoms with Crippen molar-refractivity contribution in [3.05, 3.63) is 35.9 Å². The van der Waals surface area contributed by atoms with Gasteiger partial charge in [0.15, 0.2) is 0 Å². The van der Waals surface area contributed by atoms with Crippen molar-refractivity contribution in [1.82, 2.24) is 4.90 Å². The van der Waals surface area contributed by atoms with E-state index < -0.39 is 0 Å². The van der Waals surface area contributed by atoms with Crippen LogP contribution in [0.25, 0.3) is 0 Å². The molecule has 0 aliphatic heterocycles. The molecule has 0 amide bonds. The predicted octanol–water partition coefficient (Wildman–Crippen LogP) is 3.03. The van der Waals surface area contributed by atoms with Crippen LogP contribution in [0.2, 0.25) is 0 Å². The van der Waals surface area contributed by atoms with E-state index in [4.69, 9.17) is 5.73 Å². The third kappa shape index (κ3) is 2.45. The molecule has 18 heavy (non-hydrogen) atoms. The first kappa shape index (κ1) is 13.6. The molecular weight excluding hydrogens is 220 g/mol. The fraction of sp³-hybridized carbons (Fsp3) is 0.625. The van der Waals surface area contributed by atoms with Crippen LogP contribution in [0.4, 0.5) is 0 Å². The fourth-order valence-corrected chi connectivity index (χ4v) is 3.52. The van der Waals surface area contributed by atoms with Gasteiger partial charge in [-0.05, 0) is 30.9 Å². The maximum Gasteiger partial charge on any atom is 0.0360 e. The van der Waals surface area contributed by atoms with E-state index in [1.807, 2.05) is 0 Å². The number of hydrogen-bond acceptors (Lipinski definition) is 2. The van der Waals surface area contributed by atoms with Crippen LogP contribution in [0, 0.1) is 5.92 Å². The molecular formula is C16H26N2. The molecule has 0 heterocycles. The Morgan fingerprint density at radius 1 is 1.33 bits per heavy atom.